The number of rotatable bonds is 4. The van der Waals surface area contributed by atoms with Gasteiger partial charge < -0.3 is 87.0 Å². The van der Waals surface area contributed by atoms with Gasteiger partial charge >= 0.3 is 29.0 Å². The Labute approximate surface area is 255 Å². The summed E-state index contributed by atoms with van der Waals surface area (Å²) in [5.41, 5.74) is 0. The maximum Gasteiger partial charge on any atom is 0.673 e. The maximum absolute atomic E-state index is 9.75. The predicted molar refractivity (Wildman–Crippen MR) is 155 cm³/mol. The highest BCUT2D eigenvalue weighted by Crippen LogP contribution is 2.08. The normalized spacial score (nSPS) is 12.0. The quantitative estimate of drug-likeness (QED) is 0.158. The lowest BCUT2D eigenvalue weighted by molar-refractivity contribution is -0.868. The first-order valence-corrected chi connectivity index (χ1v) is 13.0. The first-order chi connectivity index (χ1) is 18.2. The van der Waals surface area contributed by atoms with E-state index in [0.29, 0.717) is 0 Å². The standard InChI is InChI=1S/4C5H14N.4BF4/c4*1-5-6(2,3)4;4*2-1(3,4)5/h4*5H2,1-4H3;;;;/q4*+1;4*-1. The highest BCUT2D eigenvalue weighted by atomic mass is 19.5. The molecular formula is C20H56B4F16N4. The third-order valence-electron chi connectivity index (χ3n) is 3.79. The molecule has 0 aliphatic carbocycles. The lowest BCUT2D eigenvalue weighted by atomic mass is 10.3. The van der Waals surface area contributed by atoms with E-state index in [4.69, 9.17) is 0 Å². The number of hydrogen-bond acceptors (Lipinski definition) is 0. The first kappa shape index (κ1) is 61.9. The summed E-state index contributed by atoms with van der Waals surface area (Å²) in [7, 11) is 2.17. The molecule has 0 fully saturated rings. The number of quaternary nitrogens is 4. The fraction of sp³-hybridized carbons (Fsp3) is 1.00. The van der Waals surface area contributed by atoms with Crippen molar-refractivity contribution >= 4 is 29.0 Å². The van der Waals surface area contributed by atoms with Crippen LogP contribution in [-0.4, -0.2) is 158 Å². The van der Waals surface area contributed by atoms with Crippen molar-refractivity contribution in [2.24, 2.45) is 0 Å². The average Bonchev–Trinajstić information content (AvgIpc) is 2.62. The molecule has 0 aromatic heterocycles. The molecule has 0 unspecified atom stereocenters. The van der Waals surface area contributed by atoms with Crippen LogP contribution in [0.1, 0.15) is 27.7 Å². The Kier molecular flexibility index (Phi) is 38.2. The van der Waals surface area contributed by atoms with E-state index in [1.54, 1.807) is 0 Å². The summed E-state index contributed by atoms with van der Waals surface area (Å²) in [6, 6.07) is 0. The van der Waals surface area contributed by atoms with Crippen LogP contribution < -0.4 is 0 Å². The van der Waals surface area contributed by atoms with Crippen LogP contribution in [0.25, 0.3) is 0 Å². The van der Waals surface area contributed by atoms with Crippen LogP contribution in [0, 0.1) is 0 Å². The first-order valence-electron chi connectivity index (χ1n) is 13.0. The zero-order valence-electron chi connectivity index (χ0n) is 29.0. The number of halogens is 16. The topological polar surface area (TPSA) is 0 Å². The summed E-state index contributed by atoms with van der Waals surface area (Å²) in [5.74, 6) is 0. The zero-order valence-corrected chi connectivity index (χ0v) is 29.0. The van der Waals surface area contributed by atoms with Crippen molar-refractivity contribution in [2.45, 2.75) is 27.7 Å². The molecule has 0 rings (SSSR count). The van der Waals surface area contributed by atoms with Gasteiger partial charge in [0, 0.05) is 0 Å². The molecule has 0 amide bonds. The zero-order chi connectivity index (χ0) is 38.8. The molecule has 0 atom stereocenters. The van der Waals surface area contributed by atoms with Crippen LogP contribution in [0.5, 0.6) is 0 Å². The molecule has 0 aliphatic heterocycles. The van der Waals surface area contributed by atoms with Gasteiger partial charge in [-0.2, -0.15) is 0 Å². The smallest absolute Gasteiger partial charge is 0.418 e. The van der Waals surface area contributed by atoms with E-state index >= 15 is 0 Å². The molecule has 0 aromatic carbocycles. The van der Waals surface area contributed by atoms with Gasteiger partial charge in [-0.05, 0) is 27.7 Å². The van der Waals surface area contributed by atoms with Crippen LogP contribution in [0.15, 0.2) is 0 Å². The van der Waals surface area contributed by atoms with Crippen LogP contribution in [-0.2, 0) is 0 Å². The predicted octanol–water partition coefficient (Wildman–Crippen LogP) is 8.05. The van der Waals surface area contributed by atoms with E-state index in [9.17, 15) is 69.1 Å². The monoisotopic (exact) mass is 700 g/mol. The summed E-state index contributed by atoms with van der Waals surface area (Å²) in [5, 5.41) is 0. The second kappa shape index (κ2) is 27.1. The van der Waals surface area contributed by atoms with Gasteiger partial charge in [0.2, 0.25) is 0 Å². The summed E-state index contributed by atoms with van der Waals surface area (Å²) in [6.07, 6.45) is 0. The Hall–Kier alpha value is -1.02. The fourth-order valence-electron chi connectivity index (χ4n) is 0. The van der Waals surface area contributed by atoms with Crippen molar-refractivity contribution in [3.63, 3.8) is 0 Å². The van der Waals surface area contributed by atoms with Gasteiger partial charge in [0.05, 0.1) is 111 Å². The second-order valence-corrected chi connectivity index (χ2v) is 12.4. The Bertz CT molecular complexity index is 463. The van der Waals surface area contributed by atoms with Crippen molar-refractivity contribution < 1.29 is 87.0 Å². The summed E-state index contributed by atoms with van der Waals surface area (Å²) < 4.78 is 160. The Morgan fingerprint density at radius 2 is 0.273 bits per heavy atom. The van der Waals surface area contributed by atoms with Crippen molar-refractivity contribution in [3.05, 3.63) is 0 Å². The van der Waals surface area contributed by atoms with Gasteiger partial charge in [0.1, 0.15) is 0 Å². The molecule has 0 aliphatic rings. The lowest BCUT2D eigenvalue weighted by Gasteiger charge is -2.20. The van der Waals surface area contributed by atoms with Crippen LogP contribution in [0.4, 0.5) is 69.1 Å². The molecule has 0 saturated heterocycles. The molecule has 24 heteroatoms. The summed E-state index contributed by atoms with van der Waals surface area (Å²) in [6.45, 7) is 13.6. The fourth-order valence-corrected chi connectivity index (χ4v) is 0. The Morgan fingerprint density at radius 1 is 0.250 bits per heavy atom. The van der Waals surface area contributed by atoms with Gasteiger partial charge in [0.25, 0.3) is 0 Å². The van der Waals surface area contributed by atoms with E-state index in [0.717, 1.165) is 17.9 Å². The van der Waals surface area contributed by atoms with Gasteiger partial charge in [-0.3, -0.25) is 0 Å². The van der Waals surface area contributed by atoms with E-state index in [2.05, 4.69) is 112 Å². The number of hydrogen-bond donors (Lipinski definition) is 0. The third kappa shape index (κ3) is 543. The summed E-state index contributed by atoms with van der Waals surface area (Å²) >= 11 is 0. The molecule has 0 bridgehead atoms. The van der Waals surface area contributed by atoms with Crippen molar-refractivity contribution in [3.8, 4) is 0 Å². The van der Waals surface area contributed by atoms with E-state index in [-0.39, 0.29) is 0 Å². The van der Waals surface area contributed by atoms with Gasteiger partial charge in [0.15, 0.2) is 0 Å². The highest BCUT2D eigenvalue weighted by molar-refractivity contribution is 6.50. The van der Waals surface area contributed by atoms with E-state index in [1.807, 2.05) is 0 Å². The SMILES string of the molecule is CC[N+](C)(C)C.CC[N+](C)(C)C.CC[N+](C)(C)C.CC[N+](C)(C)C.F[B-](F)(F)F.F[B-](F)(F)F.F[B-](F)(F)F.F[B-](F)(F)F. The lowest BCUT2D eigenvalue weighted by Crippen LogP contribution is -2.33. The number of nitrogens with zero attached hydrogens (tertiary/aromatic N) is 4. The molecule has 280 valence electrons. The van der Waals surface area contributed by atoms with Crippen molar-refractivity contribution in [2.75, 3.05) is 111 Å². The molecular weight excluding hydrogens is 643 g/mol. The molecule has 0 heterocycles. The molecule has 0 N–H and O–H groups in total. The Morgan fingerprint density at radius 3 is 0.273 bits per heavy atom. The van der Waals surface area contributed by atoms with Gasteiger partial charge in [-0.15, -0.1) is 0 Å². The van der Waals surface area contributed by atoms with Gasteiger partial charge in [-0.1, -0.05) is 0 Å². The molecule has 44 heavy (non-hydrogen) atoms. The van der Waals surface area contributed by atoms with Crippen LogP contribution >= 0.6 is 0 Å². The van der Waals surface area contributed by atoms with Crippen LogP contribution in [0.2, 0.25) is 0 Å². The van der Waals surface area contributed by atoms with Gasteiger partial charge in [-0.25, -0.2) is 0 Å². The van der Waals surface area contributed by atoms with Crippen molar-refractivity contribution in [1.29, 1.82) is 0 Å². The summed E-state index contributed by atoms with van der Waals surface area (Å²) in [4.78, 5) is 0. The maximum atomic E-state index is 9.75. The largest absolute Gasteiger partial charge is 0.673 e. The van der Waals surface area contributed by atoms with Crippen molar-refractivity contribution in [1.82, 2.24) is 0 Å². The minimum absolute atomic E-state index is 1.07. The average molecular weight is 700 g/mol. The molecule has 4 nitrogen and oxygen atoms in total. The minimum atomic E-state index is -6.00. The molecule has 0 aromatic rings. The highest BCUT2D eigenvalue weighted by Gasteiger charge is 2.22. The van der Waals surface area contributed by atoms with Crippen LogP contribution in [0.3, 0.4) is 0 Å². The Balaban J connectivity index is -0.0000000562. The van der Waals surface area contributed by atoms with E-state index in [1.165, 1.54) is 26.2 Å². The molecule has 0 saturated carbocycles. The van der Waals surface area contributed by atoms with E-state index < -0.39 is 29.0 Å². The second-order valence-electron chi connectivity index (χ2n) is 12.4. The molecule has 0 radical (unpaired) electrons. The third-order valence-corrected chi connectivity index (χ3v) is 3.79. The molecule has 0 spiro atoms. The minimum Gasteiger partial charge on any atom is -0.418 e.